The number of aromatic nitrogens is 1. The number of amides is 1. The maximum absolute atomic E-state index is 13.3. The third-order valence-corrected chi connectivity index (χ3v) is 5.58. The Morgan fingerprint density at radius 3 is 2.66 bits per heavy atom. The van der Waals surface area contributed by atoms with Crippen LogP contribution in [-0.4, -0.2) is 17.5 Å². The quantitative estimate of drug-likeness (QED) is 0.334. The van der Waals surface area contributed by atoms with Crippen LogP contribution < -0.4 is 10.1 Å². The average Bonchev–Trinajstić information content (AvgIpc) is 3.20. The number of oxazole rings is 1. The van der Waals surface area contributed by atoms with E-state index in [9.17, 15) is 9.18 Å². The van der Waals surface area contributed by atoms with Crippen molar-refractivity contribution >= 4 is 34.3 Å². The Morgan fingerprint density at radius 1 is 1.16 bits per heavy atom. The highest BCUT2D eigenvalue weighted by Crippen LogP contribution is 2.31. The van der Waals surface area contributed by atoms with Crippen molar-refractivity contribution in [3.8, 4) is 17.2 Å². The summed E-state index contributed by atoms with van der Waals surface area (Å²) in [5, 5.41) is 3.00. The second-order valence-corrected chi connectivity index (χ2v) is 7.95. The zero-order chi connectivity index (χ0) is 22.7. The average molecular weight is 453 g/mol. The lowest BCUT2D eigenvalue weighted by Crippen LogP contribution is -2.20. The largest absolute Gasteiger partial charge is 0.484 e. The van der Waals surface area contributed by atoms with Crippen LogP contribution in [0.1, 0.15) is 31.7 Å². The van der Waals surface area contributed by atoms with Gasteiger partial charge in [0, 0.05) is 5.69 Å². The third kappa shape index (κ3) is 4.92. The lowest BCUT2D eigenvalue weighted by atomic mass is 9.99. The minimum atomic E-state index is -0.437. The summed E-state index contributed by atoms with van der Waals surface area (Å²) >= 11 is 6.10. The van der Waals surface area contributed by atoms with E-state index in [-0.39, 0.29) is 23.4 Å². The number of nitrogens with zero attached hydrogens (tertiary/aromatic N) is 1. The maximum atomic E-state index is 13.3. The minimum Gasteiger partial charge on any atom is -0.484 e. The molecule has 3 aromatic carbocycles. The second kappa shape index (κ2) is 9.40. The molecule has 0 aliphatic rings. The molecule has 0 radical (unpaired) electrons. The Balaban J connectivity index is 1.41. The van der Waals surface area contributed by atoms with Crippen molar-refractivity contribution in [1.29, 1.82) is 0 Å². The molecule has 1 aromatic heterocycles. The fourth-order valence-corrected chi connectivity index (χ4v) is 3.51. The summed E-state index contributed by atoms with van der Waals surface area (Å²) in [6.45, 7) is 4.21. The Kier molecular flexibility index (Phi) is 6.42. The van der Waals surface area contributed by atoms with Crippen LogP contribution in [-0.2, 0) is 4.79 Å². The fourth-order valence-electron chi connectivity index (χ4n) is 3.26. The first-order chi connectivity index (χ1) is 15.4. The standard InChI is InChI=1S/C25H22ClFN2O3/c1-3-15(2)16-4-8-19(9-5-16)31-14-24(30)28-18-7-11-23-22(13-18)29-25(32-23)20-10-6-17(27)12-21(20)26/h4-13,15H,3,14H2,1-2H3,(H,28,30)/t15-/m0/s1. The molecule has 0 bridgehead atoms. The summed E-state index contributed by atoms with van der Waals surface area (Å²) in [5.74, 6) is 0.671. The zero-order valence-electron chi connectivity index (χ0n) is 17.7. The topological polar surface area (TPSA) is 64.4 Å². The zero-order valence-corrected chi connectivity index (χ0v) is 18.4. The Bertz CT molecular complexity index is 1250. The van der Waals surface area contributed by atoms with Crippen molar-refractivity contribution in [2.24, 2.45) is 0 Å². The minimum absolute atomic E-state index is 0.115. The van der Waals surface area contributed by atoms with Gasteiger partial charge in [-0.1, -0.05) is 37.6 Å². The summed E-state index contributed by atoms with van der Waals surface area (Å²) in [5.41, 5.74) is 3.35. The highest BCUT2D eigenvalue weighted by Gasteiger charge is 2.13. The number of fused-ring (bicyclic) bond motifs is 1. The van der Waals surface area contributed by atoms with E-state index in [4.69, 9.17) is 20.8 Å². The van der Waals surface area contributed by atoms with Gasteiger partial charge in [-0.25, -0.2) is 9.37 Å². The first-order valence-corrected chi connectivity index (χ1v) is 10.7. The van der Waals surface area contributed by atoms with E-state index in [1.165, 1.54) is 23.8 Å². The summed E-state index contributed by atoms with van der Waals surface area (Å²) in [7, 11) is 0. The summed E-state index contributed by atoms with van der Waals surface area (Å²) in [6.07, 6.45) is 1.07. The first kappa shape index (κ1) is 21.8. The summed E-state index contributed by atoms with van der Waals surface area (Å²) < 4.78 is 24.6. The molecule has 4 aromatic rings. The molecule has 0 aliphatic carbocycles. The lowest BCUT2D eigenvalue weighted by Gasteiger charge is -2.11. The Hall–Kier alpha value is -3.38. The molecular formula is C25H22ClFN2O3. The van der Waals surface area contributed by atoms with E-state index in [1.54, 1.807) is 18.2 Å². The van der Waals surface area contributed by atoms with Crippen LogP contribution in [0.3, 0.4) is 0 Å². The molecule has 1 atom stereocenters. The number of ether oxygens (including phenoxy) is 1. The van der Waals surface area contributed by atoms with Gasteiger partial charge in [0.2, 0.25) is 5.89 Å². The molecular weight excluding hydrogens is 431 g/mol. The molecule has 1 N–H and O–H groups in total. The van der Waals surface area contributed by atoms with E-state index >= 15 is 0 Å². The van der Waals surface area contributed by atoms with Gasteiger partial charge in [-0.05, 0) is 66.4 Å². The van der Waals surface area contributed by atoms with Crippen molar-refractivity contribution in [3.63, 3.8) is 0 Å². The van der Waals surface area contributed by atoms with Crippen molar-refractivity contribution in [1.82, 2.24) is 4.98 Å². The van der Waals surface area contributed by atoms with Crippen molar-refractivity contribution in [3.05, 3.63) is 77.1 Å². The SMILES string of the molecule is CC[C@H](C)c1ccc(OCC(=O)Nc2ccc3oc(-c4ccc(F)cc4Cl)nc3c2)cc1. The van der Waals surface area contributed by atoms with Crippen molar-refractivity contribution in [2.45, 2.75) is 26.2 Å². The van der Waals surface area contributed by atoms with Gasteiger partial charge in [0.15, 0.2) is 12.2 Å². The smallest absolute Gasteiger partial charge is 0.262 e. The highest BCUT2D eigenvalue weighted by atomic mass is 35.5. The summed E-state index contributed by atoms with van der Waals surface area (Å²) in [4.78, 5) is 16.7. The number of benzene rings is 3. The third-order valence-electron chi connectivity index (χ3n) is 5.26. The molecule has 0 spiro atoms. The first-order valence-electron chi connectivity index (χ1n) is 10.3. The van der Waals surface area contributed by atoms with E-state index in [2.05, 4.69) is 24.1 Å². The molecule has 1 heterocycles. The normalized spacial score (nSPS) is 12.0. The highest BCUT2D eigenvalue weighted by molar-refractivity contribution is 6.33. The number of hydrogen-bond donors (Lipinski definition) is 1. The number of carbonyl (C=O) groups excluding carboxylic acids is 1. The Morgan fingerprint density at radius 2 is 1.94 bits per heavy atom. The van der Waals surface area contributed by atoms with Crippen LogP contribution >= 0.6 is 11.6 Å². The molecule has 0 fully saturated rings. The molecule has 1 amide bonds. The maximum Gasteiger partial charge on any atom is 0.262 e. The second-order valence-electron chi connectivity index (χ2n) is 7.54. The molecule has 0 aliphatic heterocycles. The lowest BCUT2D eigenvalue weighted by molar-refractivity contribution is -0.118. The van der Waals surface area contributed by atoms with Gasteiger partial charge in [-0.15, -0.1) is 0 Å². The van der Waals surface area contributed by atoms with E-state index in [0.717, 1.165) is 6.42 Å². The molecule has 5 nitrogen and oxygen atoms in total. The van der Waals surface area contributed by atoms with Crippen LogP contribution in [0.2, 0.25) is 5.02 Å². The van der Waals surface area contributed by atoms with Crippen LogP contribution in [0.25, 0.3) is 22.6 Å². The van der Waals surface area contributed by atoms with Crippen LogP contribution in [0.5, 0.6) is 5.75 Å². The fraction of sp³-hybridized carbons (Fsp3) is 0.200. The van der Waals surface area contributed by atoms with Gasteiger partial charge in [-0.3, -0.25) is 4.79 Å². The van der Waals surface area contributed by atoms with Crippen molar-refractivity contribution in [2.75, 3.05) is 11.9 Å². The van der Waals surface area contributed by atoms with Gasteiger partial charge in [0.05, 0.1) is 10.6 Å². The molecule has 7 heteroatoms. The van der Waals surface area contributed by atoms with Crippen LogP contribution in [0, 0.1) is 5.82 Å². The van der Waals surface area contributed by atoms with Crippen LogP contribution in [0.4, 0.5) is 10.1 Å². The summed E-state index contributed by atoms with van der Waals surface area (Å²) in [6, 6.07) is 16.9. The molecule has 0 saturated heterocycles. The molecule has 0 saturated carbocycles. The number of rotatable bonds is 7. The van der Waals surface area contributed by atoms with Gasteiger partial charge in [0.25, 0.3) is 5.91 Å². The van der Waals surface area contributed by atoms with Gasteiger partial charge >= 0.3 is 0 Å². The predicted molar refractivity (Wildman–Crippen MR) is 124 cm³/mol. The number of hydrogen-bond acceptors (Lipinski definition) is 4. The predicted octanol–water partition coefficient (Wildman–Crippen LogP) is 6.82. The molecule has 0 unspecified atom stereocenters. The van der Waals surface area contributed by atoms with Gasteiger partial charge in [0.1, 0.15) is 17.1 Å². The van der Waals surface area contributed by atoms with Gasteiger partial charge < -0.3 is 14.5 Å². The number of halogens is 2. The number of nitrogens with one attached hydrogen (secondary N) is 1. The molecule has 4 rings (SSSR count). The Labute approximate surface area is 190 Å². The van der Waals surface area contributed by atoms with Gasteiger partial charge in [-0.2, -0.15) is 0 Å². The molecule has 32 heavy (non-hydrogen) atoms. The van der Waals surface area contributed by atoms with E-state index < -0.39 is 5.82 Å². The number of anilines is 1. The number of carbonyl (C=O) groups is 1. The monoisotopic (exact) mass is 452 g/mol. The van der Waals surface area contributed by atoms with E-state index in [0.29, 0.717) is 34.0 Å². The van der Waals surface area contributed by atoms with Crippen molar-refractivity contribution < 1.29 is 18.3 Å². The van der Waals surface area contributed by atoms with Crippen LogP contribution in [0.15, 0.2) is 65.1 Å². The van der Waals surface area contributed by atoms with E-state index in [1.807, 2.05) is 24.3 Å². The molecule has 164 valence electrons.